The van der Waals surface area contributed by atoms with Crippen molar-refractivity contribution in [2.75, 3.05) is 13.7 Å². The number of carbonyl (C=O) groups is 1. The molecule has 3 N–H and O–H groups in total. The molecule has 3 saturated carbocycles. The quantitative estimate of drug-likeness (QED) is 0.488. The van der Waals surface area contributed by atoms with Gasteiger partial charge in [-0.2, -0.15) is 0 Å². The number of hydrogen-bond donors (Lipinski definition) is 2. The minimum atomic E-state index is -0.604. The first kappa shape index (κ1) is 22.5. The second-order valence-corrected chi connectivity index (χ2v) is 11.9. The number of hydrogen-bond acceptors (Lipinski definition) is 4. The van der Waals surface area contributed by atoms with Gasteiger partial charge >= 0.3 is 0 Å². The summed E-state index contributed by atoms with van der Waals surface area (Å²) in [5.74, 6) is 2.21. The van der Waals surface area contributed by atoms with Crippen molar-refractivity contribution in [3.8, 4) is 0 Å². The number of methoxy groups -OCH3 is 1. The Labute approximate surface area is 183 Å². The van der Waals surface area contributed by atoms with Crippen LogP contribution in [0.2, 0.25) is 0 Å². The summed E-state index contributed by atoms with van der Waals surface area (Å²) in [6, 6.07) is 0. The van der Waals surface area contributed by atoms with Crippen LogP contribution >= 0.6 is 0 Å². The Balaban J connectivity index is 1.67. The molecule has 4 nitrogen and oxygen atoms in total. The molecule has 4 rings (SSSR count). The maximum atomic E-state index is 10.9. The number of ether oxygens (including phenoxy) is 1. The van der Waals surface area contributed by atoms with E-state index in [1.807, 2.05) is 14.0 Å². The zero-order valence-electron chi connectivity index (χ0n) is 19.6. The van der Waals surface area contributed by atoms with Crippen LogP contribution in [0.15, 0.2) is 11.6 Å². The van der Waals surface area contributed by atoms with Crippen molar-refractivity contribution in [3.63, 3.8) is 0 Å². The fourth-order valence-corrected chi connectivity index (χ4v) is 8.84. The number of rotatable bonds is 6. The molecule has 30 heavy (non-hydrogen) atoms. The molecular formula is C26H43NO3. The minimum Gasteiger partial charge on any atom is -0.390 e. The van der Waals surface area contributed by atoms with E-state index in [9.17, 15) is 9.90 Å². The Morgan fingerprint density at radius 1 is 1.23 bits per heavy atom. The van der Waals surface area contributed by atoms with Gasteiger partial charge in [-0.3, -0.25) is 0 Å². The molecular weight excluding hydrogens is 374 g/mol. The van der Waals surface area contributed by atoms with E-state index in [4.69, 9.17) is 10.5 Å². The molecule has 0 spiro atoms. The van der Waals surface area contributed by atoms with E-state index in [1.165, 1.54) is 24.8 Å². The predicted octanol–water partition coefficient (Wildman–Crippen LogP) is 4.64. The van der Waals surface area contributed by atoms with Crippen LogP contribution in [0.1, 0.15) is 85.0 Å². The van der Waals surface area contributed by atoms with Gasteiger partial charge in [0.25, 0.3) is 0 Å². The van der Waals surface area contributed by atoms with Crippen LogP contribution in [0.3, 0.4) is 0 Å². The normalized spacial score (nSPS) is 48.9. The Kier molecular flexibility index (Phi) is 5.77. The highest BCUT2D eigenvalue weighted by atomic mass is 16.5. The van der Waals surface area contributed by atoms with Crippen molar-refractivity contribution in [1.29, 1.82) is 0 Å². The van der Waals surface area contributed by atoms with Gasteiger partial charge < -0.3 is 20.4 Å². The summed E-state index contributed by atoms with van der Waals surface area (Å²) in [6.45, 7) is 7.56. The second kappa shape index (κ2) is 7.71. The van der Waals surface area contributed by atoms with Gasteiger partial charge in [0.1, 0.15) is 6.29 Å². The first-order chi connectivity index (χ1) is 14.1. The number of aliphatic hydroxyl groups is 1. The van der Waals surface area contributed by atoms with Crippen LogP contribution in [0.4, 0.5) is 0 Å². The average Bonchev–Trinajstić information content (AvgIpc) is 3.05. The van der Waals surface area contributed by atoms with Gasteiger partial charge in [-0.25, -0.2) is 0 Å². The molecule has 8 atom stereocenters. The van der Waals surface area contributed by atoms with E-state index in [1.54, 1.807) is 0 Å². The zero-order valence-corrected chi connectivity index (χ0v) is 19.6. The molecule has 0 saturated heterocycles. The van der Waals surface area contributed by atoms with Crippen LogP contribution in [0.5, 0.6) is 0 Å². The smallest absolute Gasteiger partial charge is 0.120 e. The summed E-state index contributed by atoms with van der Waals surface area (Å²) < 4.78 is 5.83. The van der Waals surface area contributed by atoms with E-state index in [0.717, 1.165) is 51.4 Å². The number of nitrogens with two attached hydrogens (primary N) is 1. The Hall–Kier alpha value is -0.710. The molecule has 0 aromatic carbocycles. The molecule has 4 aliphatic rings. The zero-order chi connectivity index (χ0) is 21.8. The third kappa shape index (κ3) is 3.24. The SMILES string of the molecule is COC[C@]12CC[C@](C)(O)CC1=CCC1(N)[C@@H]2CC[C@]2(C)[C@@H]([C@H](C)CCC=O)CC[C@@H]12. The summed E-state index contributed by atoms with van der Waals surface area (Å²) in [6.07, 6.45) is 13.5. The van der Waals surface area contributed by atoms with Gasteiger partial charge in [-0.05, 0) is 93.8 Å². The fourth-order valence-electron chi connectivity index (χ4n) is 8.84. The first-order valence-electron chi connectivity index (χ1n) is 12.3. The average molecular weight is 418 g/mol. The van der Waals surface area contributed by atoms with Crippen molar-refractivity contribution in [2.24, 2.45) is 40.2 Å². The molecule has 0 amide bonds. The number of fused-ring (bicyclic) bond motifs is 5. The van der Waals surface area contributed by atoms with Crippen molar-refractivity contribution in [1.82, 2.24) is 0 Å². The molecule has 0 aliphatic heterocycles. The lowest BCUT2D eigenvalue weighted by atomic mass is 9.43. The van der Waals surface area contributed by atoms with Gasteiger partial charge in [0.05, 0.1) is 12.2 Å². The lowest BCUT2D eigenvalue weighted by Gasteiger charge is -2.64. The largest absolute Gasteiger partial charge is 0.390 e. The summed E-state index contributed by atoms with van der Waals surface area (Å²) in [5, 5.41) is 10.8. The Morgan fingerprint density at radius 3 is 2.70 bits per heavy atom. The van der Waals surface area contributed by atoms with Gasteiger partial charge in [0.2, 0.25) is 0 Å². The summed E-state index contributed by atoms with van der Waals surface area (Å²) in [7, 11) is 1.82. The van der Waals surface area contributed by atoms with Gasteiger partial charge in [-0.1, -0.05) is 25.5 Å². The lowest BCUT2D eigenvalue weighted by Crippen LogP contribution is -2.67. The Bertz CT molecular complexity index is 702. The molecule has 0 bridgehead atoms. The molecule has 4 aliphatic carbocycles. The summed E-state index contributed by atoms with van der Waals surface area (Å²) in [5.41, 5.74) is 8.35. The molecule has 0 aromatic rings. The van der Waals surface area contributed by atoms with Crippen LogP contribution in [0.25, 0.3) is 0 Å². The van der Waals surface area contributed by atoms with E-state index in [2.05, 4.69) is 19.9 Å². The Morgan fingerprint density at radius 2 is 2.00 bits per heavy atom. The third-order valence-corrected chi connectivity index (χ3v) is 10.2. The molecule has 0 heterocycles. The maximum absolute atomic E-state index is 10.9. The first-order valence-corrected chi connectivity index (χ1v) is 12.3. The maximum Gasteiger partial charge on any atom is 0.120 e. The molecule has 4 heteroatoms. The topological polar surface area (TPSA) is 72.6 Å². The van der Waals surface area contributed by atoms with Crippen molar-refractivity contribution >= 4 is 6.29 Å². The van der Waals surface area contributed by atoms with E-state index >= 15 is 0 Å². The van der Waals surface area contributed by atoms with Crippen molar-refractivity contribution in [3.05, 3.63) is 11.6 Å². The fraction of sp³-hybridized carbons (Fsp3) is 0.885. The highest BCUT2D eigenvalue weighted by molar-refractivity contribution is 5.49. The number of carbonyl (C=O) groups excluding carboxylic acids is 1. The third-order valence-electron chi connectivity index (χ3n) is 10.2. The van der Waals surface area contributed by atoms with Crippen LogP contribution < -0.4 is 5.73 Å². The molecule has 170 valence electrons. The molecule has 1 unspecified atom stereocenters. The van der Waals surface area contributed by atoms with E-state index < -0.39 is 5.60 Å². The van der Waals surface area contributed by atoms with Gasteiger partial charge in [0.15, 0.2) is 0 Å². The number of aldehydes is 1. The summed E-state index contributed by atoms with van der Waals surface area (Å²) in [4.78, 5) is 10.9. The van der Waals surface area contributed by atoms with Gasteiger partial charge in [0, 0.05) is 24.5 Å². The van der Waals surface area contributed by atoms with E-state index in [0.29, 0.717) is 30.1 Å². The lowest BCUT2D eigenvalue weighted by molar-refractivity contribution is -0.111. The van der Waals surface area contributed by atoms with Crippen LogP contribution in [-0.2, 0) is 9.53 Å². The van der Waals surface area contributed by atoms with E-state index in [-0.39, 0.29) is 16.4 Å². The van der Waals surface area contributed by atoms with Crippen molar-refractivity contribution in [2.45, 2.75) is 96.1 Å². The van der Waals surface area contributed by atoms with Crippen molar-refractivity contribution < 1.29 is 14.6 Å². The van der Waals surface area contributed by atoms with Crippen LogP contribution in [-0.4, -0.2) is 36.2 Å². The molecule has 0 aromatic heterocycles. The second-order valence-electron chi connectivity index (χ2n) is 11.9. The molecule has 3 fully saturated rings. The predicted molar refractivity (Wildman–Crippen MR) is 120 cm³/mol. The standard InChI is InChI=1S/C26H43NO3/c1-18(6-5-15-28)20-7-8-21-24(20,3)11-10-22-25(17-30-4)14-13-23(2,29)16-19(25)9-12-26(21,22)27/h9,15,18,20-22,29H,5-8,10-14,16-17,27H2,1-4H3/t18-,20-,21-,22-,23+,24-,25-,26?/m1/s1. The van der Waals surface area contributed by atoms with Gasteiger partial charge in [-0.15, -0.1) is 0 Å². The monoisotopic (exact) mass is 417 g/mol. The minimum absolute atomic E-state index is 0.00740. The van der Waals surface area contributed by atoms with Crippen LogP contribution in [0, 0.1) is 34.5 Å². The highest BCUT2D eigenvalue weighted by Gasteiger charge is 2.65. The molecule has 0 radical (unpaired) electrons. The highest BCUT2D eigenvalue weighted by Crippen LogP contribution is 2.68. The summed E-state index contributed by atoms with van der Waals surface area (Å²) >= 11 is 0.